The van der Waals surface area contributed by atoms with E-state index in [4.69, 9.17) is 27.9 Å². The molecule has 0 bridgehead atoms. The first kappa shape index (κ1) is 20.9. The van der Waals surface area contributed by atoms with Crippen molar-refractivity contribution >= 4 is 29.1 Å². The largest absolute Gasteiger partial charge is 0.483 e. The van der Waals surface area contributed by atoms with Crippen LogP contribution in [0.25, 0.3) is 0 Å². The van der Waals surface area contributed by atoms with Crippen LogP contribution in [0.15, 0.2) is 42.5 Å². The molecule has 0 N–H and O–H groups in total. The number of amides is 1. The minimum absolute atomic E-state index is 0.0339. The Labute approximate surface area is 174 Å². The lowest BCUT2D eigenvalue weighted by atomic mass is 10.1. The fraction of sp³-hybridized carbons (Fsp3) is 0.381. The highest BCUT2D eigenvalue weighted by molar-refractivity contribution is 6.30. The Morgan fingerprint density at radius 1 is 1.21 bits per heavy atom. The van der Waals surface area contributed by atoms with Gasteiger partial charge in [-0.3, -0.25) is 9.69 Å². The van der Waals surface area contributed by atoms with Gasteiger partial charge in [-0.1, -0.05) is 23.7 Å². The third-order valence-electron chi connectivity index (χ3n) is 4.87. The van der Waals surface area contributed by atoms with Gasteiger partial charge in [-0.05, 0) is 42.8 Å². The van der Waals surface area contributed by atoms with E-state index in [1.165, 1.54) is 12.1 Å². The summed E-state index contributed by atoms with van der Waals surface area (Å²) in [5.41, 5.74) is 1.83. The van der Waals surface area contributed by atoms with Crippen molar-refractivity contribution in [3.8, 4) is 5.75 Å². The molecule has 2 aromatic carbocycles. The van der Waals surface area contributed by atoms with Gasteiger partial charge in [0.05, 0.1) is 5.88 Å². The normalized spacial score (nSPS) is 17.6. The third-order valence-corrected chi connectivity index (χ3v) is 5.39. The average molecular weight is 425 g/mol. The molecule has 0 radical (unpaired) electrons. The molecule has 4 nitrogen and oxygen atoms in total. The molecule has 28 heavy (non-hydrogen) atoms. The zero-order chi connectivity index (χ0) is 20.1. The first-order valence-corrected chi connectivity index (χ1v) is 10.1. The van der Waals surface area contributed by atoms with Crippen LogP contribution in [0.1, 0.15) is 18.1 Å². The summed E-state index contributed by atoms with van der Waals surface area (Å²) in [6.07, 6.45) is 0. The monoisotopic (exact) mass is 424 g/mol. The summed E-state index contributed by atoms with van der Waals surface area (Å²) in [4.78, 5) is 16.7. The lowest BCUT2D eigenvalue weighted by molar-refractivity contribution is -0.138. The van der Waals surface area contributed by atoms with Gasteiger partial charge in [-0.15, -0.1) is 11.6 Å². The molecule has 1 heterocycles. The first-order chi connectivity index (χ1) is 13.5. The van der Waals surface area contributed by atoms with Gasteiger partial charge in [-0.2, -0.15) is 0 Å². The van der Waals surface area contributed by atoms with E-state index in [1.54, 1.807) is 30.3 Å². The number of benzene rings is 2. The van der Waals surface area contributed by atoms with Crippen LogP contribution in [0.4, 0.5) is 4.39 Å². The maximum absolute atomic E-state index is 13.0. The van der Waals surface area contributed by atoms with Crippen LogP contribution in [-0.2, 0) is 17.2 Å². The van der Waals surface area contributed by atoms with Crippen molar-refractivity contribution in [2.24, 2.45) is 0 Å². The highest BCUT2D eigenvalue weighted by Gasteiger charge is 2.27. The Balaban J connectivity index is 1.52. The molecule has 150 valence electrons. The van der Waals surface area contributed by atoms with Crippen molar-refractivity contribution in [1.82, 2.24) is 9.80 Å². The van der Waals surface area contributed by atoms with Gasteiger partial charge >= 0.3 is 0 Å². The van der Waals surface area contributed by atoms with E-state index in [-0.39, 0.29) is 30.3 Å². The minimum atomic E-state index is -0.231. The zero-order valence-corrected chi connectivity index (χ0v) is 17.2. The second kappa shape index (κ2) is 9.59. The quantitative estimate of drug-likeness (QED) is 0.646. The summed E-state index contributed by atoms with van der Waals surface area (Å²) in [7, 11) is 0. The topological polar surface area (TPSA) is 32.8 Å². The SMILES string of the molecule is C[C@@H]1CN(Cc2ccc(F)cc2)CCN1C(=O)COc1ccc(Cl)cc1CCl. The maximum Gasteiger partial charge on any atom is 0.260 e. The molecule has 0 spiro atoms. The van der Waals surface area contributed by atoms with Crippen LogP contribution in [0.3, 0.4) is 0 Å². The molecular formula is C21H23Cl2FN2O2. The summed E-state index contributed by atoms with van der Waals surface area (Å²) in [5.74, 6) is 0.563. The van der Waals surface area contributed by atoms with Gasteiger partial charge < -0.3 is 9.64 Å². The maximum atomic E-state index is 13.0. The van der Waals surface area contributed by atoms with Gasteiger partial charge in [0, 0.05) is 42.8 Å². The van der Waals surface area contributed by atoms with Gasteiger partial charge in [0.25, 0.3) is 5.91 Å². The number of nitrogens with zero attached hydrogens (tertiary/aromatic N) is 2. The molecule has 1 fully saturated rings. The highest BCUT2D eigenvalue weighted by atomic mass is 35.5. The molecule has 7 heteroatoms. The number of ether oxygens (including phenoxy) is 1. The number of alkyl halides is 1. The fourth-order valence-corrected chi connectivity index (χ4v) is 3.81. The smallest absolute Gasteiger partial charge is 0.260 e. The zero-order valence-electron chi connectivity index (χ0n) is 15.7. The van der Waals surface area contributed by atoms with Crippen molar-refractivity contribution in [2.45, 2.75) is 25.4 Å². The van der Waals surface area contributed by atoms with E-state index in [0.29, 0.717) is 17.3 Å². The number of carbonyl (C=O) groups excluding carboxylic acids is 1. The van der Waals surface area contributed by atoms with Gasteiger partial charge in [0.15, 0.2) is 6.61 Å². The Kier molecular flexibility index (Phi) is 7.16. The molecule has 0 unspecified atom stereocenters. The summed E-state index contributed by atoms with van der Waals surface area (Å²) in [6.45, 7) is 4.90. The van der Waals surface area contributed by atoms with Crippen molar-refractivity contribution in [3.63, 3.8) is 0 Å². The van der Waals surface area contributed by atoms with Crippen LogP contribution in [-0.4, -0.2) is 48.0 Å². The number of hydrogen-bond donors (Lipinski definition) is 0. The predicted molar refractivity (Wildman–Crippen MR) is 109 cm³/mol. The molecular weight excluding hydrogens is 402 g/mol. The molecule has 1 saturated heterocycles. The molecule has 2 aromatic rings. The fourth-order valence-electron chi connectivity index (χ4n) is 3.41. The summed E-state index contributed by atoms with van der Waals surface area (Å²) in [5, 5.41) is 0.584. The second-order valence-electron chi connectivity index (χ2n) is 6.97. The summed E-state index contributed by atoms with van der Waals surface area (Å²) < 4.78 is 18.7. The lowest BCUT2D eigenvalue weighted by Gasteiger charge is -2.39. The molecule has 1 aliphatic heterocycles. The van der Waals surface area contributed by atoms with Gasteiger partial charge in [0.2, 0.25) is 0 Å². The van der Waals surface area contributed by atoms with E-state index >= 15 is 0 Å². The van der Waals surface area contributed by atoms with E-state index in [2.05, 4.69) is 4.90 Å². The van der Waals surface area contributed by atoms with Crippen molar-refractivity contribution in [3.05, 3.63) is 64.4 Å². The number of halogens is 3. The Morgan fingerprint density at radius 3 is 2.64 bits per heavy atom. The Bertz CT molecular complexity index is 817. The van der Waals surface area contributed by atoms with E-state index < -0.39 is 0 Å². The van der Waals surface area contributed by atoms with Crippen LogP contribution < -0.4 is 4.74 Å². The van der Waals surface area contributed by atoms with E-state index in [0.717, 1.165) is 30.8 Å². The second-order valence-corrected chi connectivity index (χ2v) is 7.68. The molecule has 1 aliphatic rings. The van der Waals surface area contributed by atoms with Crippen LogP contribution in [0.2, 0.25) is 5.02 Å². The number of hydrogen-bond acceptors (Lipinski definition) is 3. The molecule has 1 atom stereocenters. The minimum Gasteiger partial charge on any atom is -0.483 e. The number of piperazine rings is 1. The standard InChI is InChI=1S/C21H23Cl2FN2O2/c1-15-12-25(13-16-2-5-19(24)6-3-16)8-9-26(15)21(27)14-28-20-7-4-18(23)10-17(20)11-22/h2-7,10,15H,8-9,11-14H2,1H3/t15-/m1/s1. The molecule has 0 aliphatic carbocycles. The highest BCUT2D eigenvalue weighted by Crippen LogP contribution is 2.24. The number of carbonyl (C=O) groups is 1. The number of rotatable bonds is 6. The summed E-state index contributed by atoms with van der Waals surface area (Å²) >= 11 is 11.9. The molecule has 3 rings (SSSR count). The molecule has 0 saturated carbocycles. The molecule has 0 aromatic heterocycles. The average Bonchev–Trinajstić information content (AvgIpc) is 2.68. The van der Waals surface area contributed by atoms with Crippen molar-refractivity contribution < 1.29 is 13.9 Å². The summed E-state index contributed by atoms with van der Waals surface area (Å²) in [6, 6.07) is 11.8. The van der Waals surface area contributed by atoms with Gasteiger partial charge in [0.1, 0.15) is 11.6 Å². The van der Waals surface area contributed by atoms with Gasteiger partial charge in [-0.25, -0.2) is 4.39 Å². The Hall–Kier alpha value is -1.82. The van der Waals surface area contributed by atoms with Crippen LogP contribution >= 0.6 is 23.2 Å². The molecule has 1 amide bonds. The van der Waals surface area contributed by atoms with Crippen LogP contribution in [0, 0.1) is 5.82 Å². The predicted octanol–water partition coefficient (Wildman–Crippen LogP) is 4.33. The van der Waals surface area contributed by atoms with Crippen molar-refractivity contribution in [2.75, 3.05) is 26.2 Å². The van der Waals surface area contributed by atoms with Crippen LogP contribution in [0.5, 0.6) is 5.75 Å². The van der Waals surface area contributed by atoms with E-state index in [9.17, 15) is 9.18 Å². The first-order valence-electron chi connectivity index (χ1n) is 9.19. The van der Waals surface area contributed by atoms with E-state index in [1.807, 2.05) is 11.8 Å². The third kappa shape index (κ3) is 5.37. The Morgan fingerprint density at radius 2 is 1.96 bits per heavy atom. The van der Waals surface area contributed by atoms with Crippen molar-refractivity contribution in [1.29, 1.82) is 0 Å². The lowest BCUT2D eigenvalue weighted by Crippen LogP contribution is -2.54.